The lowest BCUT2D eigenvalue weighted by Gasteiger charge is -2.22. The summed E-state index contributed by atoms with van der Waals surface area (Å²) < 4.78 is 0. The molecule has 0 aliphatic heterocycles. The van der Waals surface area contributed by atoms with Gasteiger partial charge in [-0.3, -0.25) is 0 Å². The molecule has 4 heteroatoms. The number of hydrogen-bond acceptors (Lipinski definition) is 4. The van der Waals surface area contributed by atoms with Crippen LogP contribution in [0.25, 0.3) is 0 Å². The Labute approximate surface area is 95.3 Å². The number of rotatable bonds is 5. The van der Waals surface area contributed by atoms with Gasteiger partial charge in [0, 0.05) is 30.2 Å². The molecule has 1 aromatic rings. The fourth-order valence-electron chi connectivity index (χ4n) is 1.35. The van der Waals surface area contributed by atoms with Crippen LogP contribution in [0, 0.1) is 0 Å². The second-order valence-electron chi connectivity index (χ2n) is 3.52. The number of likely N-dealkylation sites (N-methyl/N-ethyl adjacent to an activating group) is 1. The predicted molar refractivity (Wildman–Crippen MR) is 66.6 cm³/mol. The zero-order valence-corrected chi connectivity index (χ0v) is 10.00. The molecule has 0 fully saturated rings. The molecule has 1 unspecified atom stereocenters. The van der Waals surface area contributed by atoms with E-state index in [1.54, 1.807) is 11.8 Å². The number of thioether (sulfide) groups is 1. The third-order valence-corrected chi connectivity index (χ3v) is 3.00. The SMILES string of the molecule is CSc1ccc(N(C)CC(N)CO)cc1. The number of hydrogen-bond donors (Lipinski definition) is 2. The van der Waals surface area contributed by atoms with Crippen LogP contribution in [0.2, 0.25) is 0 Å². The molecule has 84 valence electrons. The Balaban J connectivity index is 2.61. The van der Waals surface area contributed by atoms with Crippen molar-refractivity contribution in [1.29, 1.82) is 0 Å². The Kier molecular flexibility index (Phi) is 4.94. The zero-order valence-electron chi connectivity index (χ0n) is 9.18. The Hall–Kier alpha value is -0.710. The maximum atomic E-state index is 8.86. The highest BCUT2D eigenvalue weighted by molar-refractivity contribution is 7.98. The highest BCUT2D eigenvalue weighted by Crippen LogP contribution is 2.19. The smallest absolute Gasteiger partial charge is 0.0599 e. The van der Waals surface area contributed by atoms with Gasteiger partial charge in [-0.05, 0) is 30.5 Å². The van der Waals surface area contributed by atoms with E-state index >= 15 is 0 Å². The molecule has 3 nitrogen and oxygen atoms in total. The van der Waals surface area contributed by atoms with E-state index in [1.165, 1.54) is 4.90 Å². The first-order valence-electron chi connectivity index (χ1n) is 4.89. The molecule has 1 aromatic carbocycles. The summed E-state index contributed by atoms with van der Waals surface area (Å²) in [5.74, 6) is 0. The van der Waals surface area contributed by atoms with E-state index in [-0.39, 0.29) is 12.6 Å². The summed E-state index contributed by atoms with van der Waals surface area (Å²) in [5, 5.41) is 8.86. The van der Waals surface area contributed by atoms with E-state index in [0.29, 0.717) is 6.54 Å². The van der Waals surface area contributed by atoms with Gasteiger partial charge in [-0.1, -0.05) is 0 Å². The average Bonchev–Trinajstić information content (AvgIpc) is 2.29. The summed E-state index contributed by atoms with van der Waals surface area (Å²) in [5.41, 5.74) is 6.79. The van der Waals surface area contributed by atoms with Gasteiger partial charge in [0.1, 0.15) is 0 Å². The molecule has 1 rings (SSSR count). The van der Waals surface area contributed by atoms with Crippen LogP contribution in [0.15, 0.2) is 29.2 Å². The molecule has 0 aliphatic rings. The van der Waals surface area contributed by atoms with Gasteiger partial charge >= 0.3 is 0 Å². The molecule has 1 atom stereocenters. The molecular formula is C11H18N2OS. The van der Waals surface area contributed by atoms with Crippen molar-refractivity contribution in [2.24, 2.45) is 5.73 Å². The zero-order chi connectivity index (χ0) is 11.3. The van der Waals surface area contributed by atoms with Gasteiger partial charge in [0.25, 0.3) is 0 Å². The fourth-order valence-corrected chi connectivity index (χ4v) is 1.76. The highest BCUT2D eigenvalue weighted by Gasteiger charge is 2.06. The standard InChI is InChI=1S/C11H18N2OS/c1-13(7-9(12)8-14)10-3-5-11(15-2)6-4-10/h3-6,9,14H,7-8,12H2,1-2H3. The highest BCUT2D eigenvalue weighted by atomic mass is 32.2. The summed E-state index contributed by atoms with van der Waals surface area (Å²) in [4.78, 5) is 3.30. The van der Waals surface area contributed by atoms with E-state index < -0.39 is 0 Å². The van der Waals surface area contributed by atoms with Crippen molar-refractivity contribution < 1.29 is 5.11 Å². The quantitative estimate of drug-likeness (QED) is 0.740. The van der Waals surface area contributed by atoms with E-state index in [9.17, 15) is 0 Å². The summed E-state index contributed by atoms with van der Waals surface area (Å²) in [6.07, 6.45) is 2.06. The van der Waals surface area contributed by atoms with Gasteiger partial charge in [-0.15, -0.1) is 11.8 Å². The maximum Gasteiger partial charge on any atom is 0.0599 e. The van der Waals surface area contributed by atoms with Gasteiger partial charge < -0.3 is 15.7 Å². The van der Waals surface area contributed by atoms with E-state index in [2.05, 4.69) is 30.5 Å². The van der Waals surface area contributed by atoms with E-state index in [4.69, 9.17) is 10.8 Å². The van der Waals surface area contributed by atoms with Crippen molar-refractivity contribution >= 4 is 17.4 Å². The topological polar surface area (TPSA) is 49.5 Å². The third-order valence-electron chi connectivity index (χ3n) is 2.26. The summed E-state index contributed by atoms with van der Waals surface area (Å²) in [7, 11) is 1.98. The minimum atomic E-state index is -0.185. The van der Waals surface area contributed by atoms with Crippen LogP contribution in [-0.2, 0) is 0 Å². The number of nitrogens with two attached hydrogens (primary N) is 1. The number of nitrogens with zero attached hydrogens (tertiary/aromatic N) is 1. The first kappa shape index (κ1) is 12.4. The van der Waals surface area contributed by atoms with Crippen LogP contribution in [-0.4, -0.2) is 37.6 Å². The van der Waals surface area contributed by atoms with Gasteiger partial charge in [0.05, 0.1) is 6.61 Å². The van der Waals surface area contributed by atoms with Crippen molar-refractivity contribution in [2.45, 2.75) is 10.9 Å². The van der Waals surface area contributed by atoms with Gasteiger partial charge in [-0.2, -0.15) is 0 Å². The number of anilines is 1. The van der Waals surface area contributed by atoms with Crippen LogP contribution in [0.5, 0.6) is 0 Å². The minimum absolute atomic E-state index is 0.0211. The molecular weight excluding hydrogens is 208 g/mol. The number of benzene rings is 1. The predicted octanol–water partition coefficient (Wildman–Crippen LogP) is 1.16. The number of aliphatic hydroxyl groups excluding tert-OH is 1. The second kappa shape index (κ2) is 6.00. The Morgan fingerprint density at radius 1 is 1.40 bits per heavy atom. The average molecular weight is 226 g/mol. The molecule has 0 radical (unpaired) electrons. The van der Waals surface area contributed by atoms with Crippen LogP contribution in [0.4, 0.5) is 5.69 Å². The lowest BCUT2D eigenvalue weighted by atomic mass is 10.2. The molecule has 15 heavy (non-hydrogen) atoms. The molecule has 3 N–H and O–H groups in total. The van der Waals surface area contributed by atoms with Gasteiger partial charge in [0.2, 0.25) is 0 Å². The van der Waals surface area contributed by atoms with Crippen molar-refractivity contribution in [1.82, 2.24) is 0 Å². The van der Waals surface area contributed by atoms with Gasteiger partial charge in [-0.25, -0.2) is 0 Å². The third kappa shape index (κ3) is 3.74. The first-order chi connectivity index (χ1) is 7.17. The van der Waals surface area contributed by atoms with Crippen molar-refractivity contribution in [2.75, 3.05) is 31.4 Å². The number of aliphatic hydroxyl groups is 1. The van der Waals surface area contributed by atoms with Crippen molar-refractivity contribution in [3.05, 3.63) is 24.3 Å². The maximum absolute atomic E-state index is 8.86. The Morgan fingerprint density at radius 2 is 2.00 bits per heavy atom. The van der Waals surface area contributed by atoms with Crippen molar-refractivity contribution in [3.8, 4) is 0 Å². The van der Waals surface area contributed by atoms with Crippen LogP contribution < -0.4 is 10.6 Å². The normalized spacial score (nSPS) is 12.5. The molecule has 0 aliphatic carbocycles. The molecule has 0 bridgehead atoms. The Morgan fingerprint density at radius 3 is 2.47 bits per heavy atom. The van der Waals surface area contributed by atoms with Crippen LogP contribution in [0.3, 0.4) is 0 Å². The fraction of sp³-hybridized carbons (Fsp3) is 0.455. The monoisotopic (exact) mass is 226 g/mol. The molecule has 0 saturated heterocycles. The van der Waals surface area contributed by atoms with Crippen LogP contribution >= 0.6 is 11.8 Å². The molecule has 0 heterocycles. The van der Waals surface area contributed by atoms with E-state index in [1.807, 2.05) is 11.9 Å². The molecule has 0 aromatic heterocycles. The van der Waals surface area contributed by atoms with Crippen LogP contribution in [0.1, 0.15) is 0 Å². The minimum Gasteiger partial charge on any atom is -0.395 e. The molecule has 0 amide bonds. The first-order valence-corrected chi connectivity index (χ1v) is 6.11. The van der Waals surface area contributed by atoms with E-state index in [0.717, 1.165) is 5.69 Å². The summed E-state index contributed by atoms with van der Waals surface area (Å²) in [6.45, 7) is 0.683. The molecule has 0 saturated carbocycles. The second-order valence-corrected chi connectivity index (χ2v) is 4.40. The summed E-state index contributed by atoms with van der Waals surface area (Å²) >= 11 is 1.72. The largest absolute Gasteiger partial charge is 0.395 e. The Bertz CT molecular complexity index is 289. The lowest BCUT2D eigenvalue weighted by Crippen LogP contribution is -2.37. The lowest BCUT2D eigenvalue weighted by molar-refractivity contribution is 0.267. The van der Waals surface area contributed by atoms with Gasteiger partial charge in [0.15, 0.2) is 0 Å². The van der Waals surface area contributed by atoms with Crippen molar-refractivity contribution in [3.63, 3.8) is 0 Å². The molecule has 0 spiro atoms. The summed E-state index contributed by atoms with van der Waals surface area (Å²) in [6, 6.07) is 8.11.